The summed E-state index contributed by atoms with van der Waals surface area (Å²) < 4.78 is 0. The Hall–Kier alpha value is -1.85. The standard InChI is InChI=1S/C21H30N4O/c1-14(2)25-10-7-18(13-25)23-17-3-4-19-16(11-17)12-20(24-19)21(26)15-5-8-22-9-6-15/h3-4,11-12,14-15,18,22-24H,5-10,13H2,1-2H3. The van der Waals surface area contributed by atoms with Crippen molar-refractivity contribution in [3.05, 3.63) is 30.0 Å². The number of aromatic nitrogens is 1. The summed E-state index contributed by atoms with van der Waals surface area (Å²) in [6.07, 6.45) is 3.06. The maximum absolute atomic E-state index is 12.8. The summed E-state index contributed by atoms with van der Waals surface area (Å²) in [4.78, 5) is 18.6. The van der Waals surface area contributed by atoms with Crippen LogP contribution in [0.4, 0.5) is 5.69 Å². The number of likely N-dealkylation sites (tertiary alicyclic amines) is 1. The highest BCUT2D eigenvalue weighted by atomic mass is 16.1. The smallest absolute Gasteiger partial charge is 0.182 e. The van der Waals surface area contributed by atoms with Gasteiger partial charge in [-0.3, -0.25) is 9.69 Å². The van der Waals surface area contributed by atoms with Crippen molar-refractivity contribution in [3.63, 3.8) is 0 Å². The van der Waals surface area contributed by atoms with Crippen LogP contribution in [0.2, 0.25) is 0 Å². The van der Waals surface area contributed by atoms with Crippen LogP contribution in [-0.4, -0.2) is 53.9 Å². The highest BCUT2D eigenvalue weighted by molar-refractivity contribution is 6.01. The molecular weight excluding hydrogens is 324 g/mol. The molecule has 3 N–H and O–H groups in total. The molecule has 5 heteroatoms. The third-order valence-electron chi connectivity index (χ3n) is 5.92. The zero-order chi connectivity index (χ0) is 18.1. The molecule has 140 valence electrons. The van der Waals surface area contributed by atoms with Crippen molar-refractivity contribution in [1.29, 1.82) is 0 Å². The summed E-state index contributed by atoms with van der Waals surface area (Å²) in [5, 5.41) is 8.11. The van der Waals surface area contributed by atoms with Crippen molar-refractivity contribution in [1.82, 2.24) is 15.2 Å². The monoisotopic (exact) mass is 354 g/mol. The van der Waals surface area contributed by atoms with Crippen LogP contribution < -0.4 is 10.6 Å². The number of piperidine rings is 1. The Morgan fingerprint density at radius 1 is 1.19 bits per heavy atom. The van der Waals surface area contributed by atoms with E-state index in [1.807, 2.05) is 6.07 Å². The second kappa shape index (κ2) is 7.41. The molecule has 4 rings (SSSR count). The first-order chi connectivity index (χ1) is 12.6. The summed E-state index contributed by atoms with van der Waals surface area (Å²) in [6.45, 7) is 8.67. The number of anilines is 1. The van der Waals surface area contributed by atoms with Gasteiger partial charge in [0, 0.05) is 47.7 Å². The molecule has 1 atom stereocenters. The van der Waals surface area contributed by atoms with Gasteiger partial charge in [-0.25, -0.2) is 0 Å². The molecule has 1 unspecified atom stereocenters. The van der Waals surface area contributed by atoms with Crippen LogP contribution in [0.3, 0.4) is 0 Å². The molecule has 1 aromatic carbocycles. The predicted octanol–water partition coefficient (Wildman–Crippen LogP) is 3.24. The first-order valence-corrected chi connectivity index (χ1v) is 9.98. The lowest BCUT2D eigenvalue weighted by atomic mass is 9.92. The lowest BCUT2D eigenvalue weighted by Crippen LogP contribution is -2.32. The Labute approximate surface area is 155 Å². The Bertz CT molecular complexity index is 775. The molecule has 5 nitrogen and oxygen atoms in total. The molecule has 2 saturated heterocycles. The van der Waals surface area contributed by atoms with Crippen LogP contribution >= 0.6 is 0 Å². The Kier molecular flexibility index (Phi) is 5.00. The average molecular weight is 354 g/mol. The zero-order valence-electron chi connectivity index (χ0n) is 15.8. The number of aromatic amines is 1. The van der Waals surface area contributed by atoms with E-state index >= 15 is 0 Å². The number of benzene rings is 1. The predicted molar refractivity (Wildman–Crippen MR) is 107 cm³/mol. The molecular formula is C21H30N4O. The van der Waals surface area contributed by atoms with Crippen molar-refractivity contribution in [2.75, 3.05) is 31.5 Å². The SMILES string of the molecule is CC(C)N1CCC(Nc2ccc3[nH]c(C(=O)C4CCNCC4)cc3c2)C1. The average Bonchev–Trinajstić information content (AvgIpc) is 3.28. The number of carbonyl (C=O) groups excluding carboxylic acids is 1. The number of ketones is 1. The van der Waals surface area contributed by atoms with Crippen LogP contribution in [0, 0.1) is 5.92 Å². The molecule has 2 aliphatic rings. The molecule has 2 aliphatic heterocycles. The number of carbonyl (C=O) groups is 1. The molecule has 3 heterocycles. The quantitative estimate of drug-likeness (QED) is 0.722. The minimum Gasteiger partial charge on any atom is -0.381 e. The second-order valence-corrected chi connectivity index (χ2v) is 8.09. The topological polar surface area (TPSA) is 60.2 Å². The van der Waals surface area contributed by atoms with E-state index in [-0.39, 0.29) is 11.7 Å². The fourth-order valence-electron chi connectivity index (χ4n) is 4.27. The molecule has 0 aliphatic carbocycles. The van der Waals surface area contributed by atoms with E-state index in [0.717, 1.165) is 61.3 Å². The summed E-state index contributed by atoms with van der Waals surface area (Å²) >= 11 is 0. The number of Topliss-reactive ketones (excluding diaryl/α,β-unsaturated/α-hetero) is 1. The van der Waals surface area contributed by atoms with Crippen molar-refractivity contribution >= 4 is 22.4 Å². The molecule has 2 aromatic rings. The number of hydrogen-bond acceptors (Lipinski definition) is 4. The number of rotatable bonds is 5. The van der Waals surface area contributed by atoms with Gasteiger partial charge in [-0.2, -0.15) is 0 Å². The maximum atomic E-state index is 12.8. The summed E-state index contributed by atoms with van der Waals surface area (Å²) in [5.41, 5.74) is 2.95. The highest BCUT2D eigenvalue weighted by Gasteiger charge is 2.25. The molecule has 26 heavy (non-hydrogen) atoms. The summed E-state index contributed by atoms with van der Waals surface area (Å²) in [5.74, 6) is 0.419. The lowest BCUT2D eigenvalue weighted by Gasteiger charge is -2.20. The molecule has 2 fully saturated rings. The molecule has 1 aromatic heterocycles. The van der Waals surface area contributed by atoms with Gasteiger partial charge in [0.05, 0.1) is 5.69 Å². The van der Waals surface area contributed by atoms with Gasteiger partial charge in [0.1, 0.15) is 0 Å². The summed E-state index contributed by atoms with van der Waals surface area (Å²) in [7, 11) is 0. The molecule has 0 radical (unpaired) electrons. The fourth-order valence-corrected chi connectivity index (χ4v) is 4.27. The van der Waals surface area contributed by atoms with Crippen molar-refractivity contribution < 1.29 is 4.79 Å². The largest absolute Gasteiger partial charge is 0.381 e. The van der Waals surface area contributed by atoms with Gasteiger partial charge >= 0.3 is 0 Å². The first kappa shape index (κ1) is 17.6. The van der Waals surface area contributed by atoms with Crippen LogP contribution in [-0.2, 0) is 0 Å². The van der Waals surface area contributed by atoms with E-state index in [1.54, 1.807) is 0 Å². The van der Waals surface area contributed by atoms with E-state index in [4.69, 9.17) is 0 Å². The normalized spacial score (nSPS) is 22.3. The van der Waals surface area contributed by atoms with E-state index in [1.165, 1.54) is 6.42 Å². The Morgan fingerprint density at radius 3 is 2.73 bits per heavy atom. The van der Waals surface area contributed by atoms with Gasteiger partial charge < -0.3 is 15.6 Å². The molecule has 0 bridgehead atoms. The first-order valence-electron chi connectivity index (χ1n) is 9.98. The summed E-state index contributed by atoms with van der Waals surface area (Å²) in [6, 6.07) is 9.52. The van der Waals surface area contributed by atoms with Gasteiger partial charge in [0.15, 0.2) is 5.78 Å². The third kappa shape index (κ3) is 3.64. The van der Waals surface area contributed by atoms with E-state index in [9.17, 15) is 4.79 Å². The van der Waals surface area contributed by atoms with Gasteiger partial charge in [-0.15, -0.1) is 0 Å². The van der Waals surface area contributed by atoms with Crippen LogP contribution in [0.25, 0.3) is 10.9 Å². The third-order valence-corrected chi connectivity index (χ3v) is 5.92. The lowest BCUT2D eigenvalue weighted by molar-refractivity contribution is 0.0891. The minimum absolute atomic E-state index is 0.155. The zero-order valence-corrected chi connectivity index (χ0v) is 15.8. The fraction of sp³-hybridized carbons (Fsp3) is 0.571. The van der Waals surface area contributed by atoms with Crippen molar-refractivity contribution in [2.24, 2.45) is 5.92 Å². The number of nitrogens with one attached hydrogen (secondary N) is 3. The van der Waals surface area contributed by atoms with Crippen LogP contribution in [0.1, 0.15) is 43.6 Å². The number of H-pyrrole nitrogens is 1. The van der Waals surface area contributed by atoms with Gasteiger partial charge in [-0.05, 0) is 70.5 Å². The van der Waals surface area contributed by atoms with E-state index in [0.29, 0.717) is 12.1 Å². The number of nitrogens with zero attached hydrogens (tertiary/aromatic N) is 1. The van der Waals surface area contributed by atoms with Crippen molar-refractivity contribution in [2.45, 2.75) is 45.2 Å². The Balaban J connectivity index is 1.46. The van der Waals surface area contributed by atoms with E-state index in [2.05, 4.69) is 52.6 Å². The highest BCUT2D eigenvalue weighted by Crippen LogP contribution is 2.25. The van der Waals surface area contributed by atoms with Gasteiger partial charge in [0.25, 0.3) is 0 Å². The molecule has 0 amide bonds. The van der Waals surface area contributed by atoms with Gasteiger partial charge in [0.2, 0.25) is 0 Å². The second-order valence-electron chi connectivity index (χ2n) is 8.09. The maximum Gasteiger partial charge on any atom is 0.182 e. The van der Waals surface area contributed by atoms with Crippen molar-refractivity contribution in [3.8, 4) is 0 Å². The van der Waals surface area contributed by atoms with Crippen LogP contribution in [0.5, 0.6) is 0 Å². The molecule has 0 saturated carbocycles. The van der Waals surface area contributed by atoms with E-state index < -0.39 is 0 Å². The van der Waals surface area contributed by atoms with Crippen LogP contribution in [0.15, 0.2) is 24.3 Å². The minimum atomic E-state index is 0.155. The number of hydrogen-bond donors (Lipinski definition) is 3. The molecule has 0 spiro atoms. The number of fused-ring (bicyclic) bond motifs is 1. The Morgan fingerprint density at radius 2 is 2.00 bits per heavy atom. The van der Waals surface area contributed by atoms with Gasteiger partial charge in [-0.1, -0.05) is 0 Å².